The lowest BCUT2D eigenvalue weighted by atomic mass is 10.3. The summed E-state index contributed by atoms with van der Waals surface area (Å²) in [5, 5.41) is 0. The summed E-state index contributed by atoms with van der Waals surface area (Å²) < 4.78 is 73.0. The van der Waals surface area contributed by atoms with E-state index in [9.17, 15) is 21.2 Å². The Morgan fingerprint density at radius 2 is 1.64 bits per heavy atom. The van der Waals surface area contributed by atoms with Gasteiger partial charge in [-0.15, -0.1) is 0 Å². The number of aromatic nitrogens is 1. The van der Waals surface area contributed by atoms with Crippen molar-refractivity contribution >= 4 is 20.0 Å². The molecule has 0 radical (unpaired) electrons. The number of nitrogens with zero attached hydrogens (tertiary/aromatic N) is 2. The normalized spacial score (nSPS) is 14.9. The molecular weight excluding hydrogens is 469 g/mol. The van der Waals surface area contributed by atoms with Gasteiger partial charge in [-0.3, -0.25) is 0 Å². The van der Waals surface area contributed by atoms with Gasteiger partial charge in [-0.2, -0.15) is 4.31 Å². The van der Waals surface area contributed by atoms with Crippen LogP contribution >= 0.6 is 0 Å². The van der Waals surface area contributed by atoms with E-state index in [0.29, 0.717) is 24.4 Å². The molecule has 0 unspecified atom stereocenters. The van der Waals surface area contributed by atoms with Gasteiger partial charge in [0.1, 0.15) is 11.6 Å². The van der Waals surface area contributed by atoms with E-state index in [1.807, 2.05) is 0 Å². The number of nitrogens with one attached hydrogen (secondary N) is 1. The molecule has 1 aliphatic rings. The van der Waals surface area contributed by atoms with Crippen LogP contribution in [0.3, 0.4) is 0 Å². The van der Waals surface area contributed by atoms with Crippen molar-refractivity contribution in [1.29, 1.82) is 0 Å². The zero-order chi connectivity index (χ0) is 23.5. The molecule has 0 amide bonds. The number of ether oxygens (including phenoxy) is 1. The van der Waals surface area contributed by atoms with E-state index in [2.05, 4.69) is 9.71 Å². The van der Waals surface area contributed by atoms with Crippen LogP contribution in [0.15, 0.2) is 76.7 Å². The first-order valence-corrected chi connectivity index (χ1v) is 13.1. The summed E-state index contributed by atoms with van der Waals surface area (Å²) in [5.74, 6) is 0.105. The minimum absolute atomic E-state index is 0.0244. The predicted molar refractivity (Wildman–Crippen MR) is 119 cm³/mol. The highest BCUT2D eigenvalue weighted by Gasteiger charge is 2.27. The Balaban J connectivity index is 1.38. The second kappa shape index (κ2) is 9.56. The largest absolute Gasteiger partial charge is 0.439 e. The first kappa shape index (κ1) is 23.3. The molecule has 0 saturated carbocycles. The Morgan fingerprint density at radius 3 is 2.27 bits per heavy atom. The summed E-state index contributed by atoms with van der Waals surface area (Å²) in [6.45, 7) is 0.928. The number of pyridine rings is 1. The number of hydrogen-bond acceptors (Lipinski definition) is 6. The summed E-state index contributed by atoms with van der Waals surface area (Å²) in [4.78, 5) is 4.13. The number of sulfonamides is 2. The van der Waals surface area contributed by atoms with E-state index in [0.717, 1.165) is 12.8 Å². The molecule has 3 aromatic rings. The topological polar surface area (TPSA) is 106 Å². The summed E-state index contributed by atoms with van der Waals surface area (Å²) in [5.41, 5.74) is 0.582. The lowest BCUT2D eigenvalue weighted by Crippen LogP contribution is -2.28. The zero-order valence-corrected chi connectivity index (χ0v) is 19.1. The molecule has 0 aliphatic carbocycles. The minimum atomic E-state index is -3.86. The Bertz CT molecular complexity index is 1320. The lowest BCUT2D eigenvalue weighted by Gasteiger charge is -2.15. The summed E-state index contributed by atoms with van der Waals surface area (Å²) in [6, 6.07) is 14.0. The first-order chi connectivity index (χ1) is 15.7. The summed E-state index contributed by atoms with van der Waals surface area (Å²) >= 11 is 0. The second-order valence-corrected chi connectivity index (χ2v) is 11.2. The molecular formula is C22H22FN3O5S2. The molecule has 2 aromatic carbocycles. The highest BCUT2D eigenvalue weighted by atomic mass is 32.2. The van der Waals surface area contributed by atoms with Gasteiger partial charge in [0.25, 0.3) is 0 Å². The van der Waals surface area contributed by atoms with Crippen LogP contribution in [0.5, 0.6) is 11.6 Å². The lowest BCUT2D eigenvalue weighted by molar-refractivity contribution is 0.457. The summed E-state index contributed by atoms with van der Waals surface area (Å²) in [7, 11) is -7.47. The maximum absolute atomic E-state index is 13.2. The van der Waals surface area contributed by atoms with Crippen LogP contribution in [0.25, 0.3) is 0 Å². The van der Waals surface area contributed by atoms with Gasteiger partial charge in [-0.1, -0.05) is 12.1 Å². The van der Waals surface area contributed by atoms with Gasteiger partial charge >= 0.3 is 0 Å². The second-order valence-electron chi connectivity index (χ2n) is 7.47. The van der Waals surface area contributed by atoms with Crippen LogP contribution in [-0.4, -0.2) is 39.2 Å². The van der Waals surface area contributed by atoms with Crippen molar-refractivity contribution in [2.24, 2.45) is 0 Å². The number of benzene rings is 2. The van der Waals surface area contributed by atoms with Gasteiger partial charge in [0.05, 0.1) is 9.79 Å². The Labute approximate surface area is 192 Å². The Kier molecular flexibility index (Phi) is 6.75. The third-order valence-electron chi connectivity index (χ3n) is 5.12. The molecule has 2 heterocycles. The highest BCUT2D eigenvalue weighted by Crippen LogP contribution is 2.23. The molecule has 8 nitrogen and oxygen atoms in total. The molecule has 1 aromatic heterocycles. The van der Waals surface area contributed by atoms with E-state index in [1.54, 1.807) is 18.2 Å². The molecule has 4 rings (SSSR count). The molecule has 1 N–H and O–H groups in total. The monoisotopic (exact) mass is 491 g/mol. The molecule has 1 aliphatic heterocycles. The van der Waals surface area contributed by atoms with Crippen LogP contribution in [-0.2, 0) is 26.6 Å². The molecule has 0 bridgehead atoms. The molecule has 11 heteroatoms. The standard InChI is InChI=1S/C22H22FN3O5S2/c23-18-4-3-5-19(14-18)31-22-11-6-17(15-24-22)16-25-32(27,28)20-7-9-21(10-8-20)33(29,30)26-12-1-2-13-26/h3-11,14-15,25H,1-2,12-13,16H2. The SMILES string of the molecule is O=S(=O)(NCc1ccc(Oc2cccc(F)c2)nc1)c1ccc(S(=O)(=O)N2CCCC2)cc1. The number of rotatable bonds is 8. The smallest absolute Gasteiger partial charge is 0.243 e. The predicted octanol–water partition coefficient (Wildman–Crippen LogP) is 3.28. The maximum Gasteiger partial charge on any atom is 0.243 e. The quantitative estimate of drug-likeness (QED) is 0.519. The van der Waals surface area contributed by atoms with Gasteiger partial charge in [0, 0.05) is 38.0 Å². The van der Waals surface area contributed by atoms with Crippen molar-refractivity contribution in [2.45, 2.75) is 29.2 Å². The van der Waals surface area contributed by atoms with E-state index in [1.165, 1.54) is 53.0 Å². The van der Waals surface area contributed by atoms with Crippen LogP contribution in [0, 0.1) is 5.82 Å². The number of hydrogen-bond donors (Lipinski definition) is 1. The van der Waals surface area contributed by atoms with Crippen LogP contribution in [0.1, 0.15) is 18.4 Å². The van der Waals surface area contributed by atoms with Gasteiger partial charge < -0.3 is 4.74 Å². The average molecular weight is 492 g/mol. The maximum atomic E-state index is 13.2. The molecule has 1 fully saturated rings. The van der Waals surface area contributed by atoms with E-state index >= 15 is 0 Å². The Morgan fingerprint density at radius 1 is 0.939 bits per heavy atom. The zero-order valence-electron chi connectivity index (χ0n) is 17.5. The fourth-order valence-corrected chi connectivity index (χ4v) is 5.89. The van der Waals surface area contributed by atoms with Crippen molar-refractivity contribution in [3.8, 4) is 11.6 Å². The van der Waals surface area contributed by atoms with Crippen LogP contribution < -0.4 is 9.46 Å². The fraction of sp³-hybridized carbons (Fsp3) is 0.227. The van der Waals surface area contributed by atoms with Crippen molar-refractivity contribution in [1.82, 2.24) is 14.0 Å². The van der Waals surface area contributed by atoms with Gasteiger partial charge in [-0.25, -0.2) is 30.9 Å². The van der Waals surface area contributed by atoms with Crippen molar-refractivity contribution < 1.29 is 26.0 Å². The highest BCUT2D eigenvalue weighted by molar-refractivity contribution is 7.89. The van der Waals surface area contributed by atoms with E-state index in [-0.39, 0.29) is 22.2 Å². The van der Waals surface area contributed by atoms with E-state index in [4.69, 9.17) is 4.74 Å². The first-order valence-electron chi connectivity index (χ1n) is 10.2. The van der Waals surface area contributed by atoms with Crippen LogP contribution in [0.4, 0.5) is 4.39 Å². The Hall–Kier alpha value is -2.86. The summed E-state index contributed by atoms with van der Waals surface area (Å²) in [6.07, 6.45) is 3.09. The van der Waals surface area contributed by atoms with Crippen molar-refractivity contribution in [2.75, 3.05) is 13.1 Å². The fourth-order valence-electron chi connectivity index (χ4n) is 3.36. The molecule has 1 saturated heterocycles. The third-order valence-corrected chi connectivity index (χ3v) is 8.45. The molecule has 0 atom stereocenters. The molecule has 0 spiro atoms. The van der Waals surface area contributed by atoms with Crippen molar-refractivity contribution in [3.05, 3.63) is 78.2 Å². The molecule has 174 valence electrons. The molecule has 33 heavy (non-hydrogen) atoms. The van der Waals surface area contributed by atoms with Crippen LogP contribution in [0.2, 0.25) is 0 Å². The van der Waals surface area contributed by atoms with Gasteiger partial charge in [0.2, 0.25) is 25.9 Å². The third kappa shape index (κ3) is 5.56. The van der Waals surface area contributed by atoms with E-state index < -0.39 is 25.9 Å². The minimum Gasteiger partial charge on any atom is -0.439 e. The van der Waals surface area contributed by atoms with Gasteiger partial charge in [0.15, 0.2) is 0 Å². The van der Waals surface area contributed by atoms with Crippen molar-refractivity contribution in [3.63, 3.8) is 0 Å². The average Bonchev–Trinajstić information content (AvgIpc) is 3.35. The van der Waals surface area contributed by atoms with Gasteiger partial charge in [-0.05, 0) is 54.8 Å². The number of halogens is 1.